The average molecular weight is 295 g/mol. The summed E-state index contributed by atoms with van der Waals surface area (Å²) in [4.78, 5) is 28.0. The van der Waals surface area contributed by atoms with Crippen LogP contribution in [0.1, 0.15) is 12.0 Å². The van der Waals surface area contributed by atoms with E-state index in [1.807, 2.05) is 0 Å². The Labute approximate surface area is 121 Å². The van der Waals surface area contributed by atoms with Gasteiger partial charge in [-0.05, 0) is 12.5 Å². The predicted octanol–water partition coefficient (Wildman–Crippen LogP) is 1.07. The van der Waals surface area contributed by atoms with Gasteiger partial charge in [-0.2, -0.15) is 0 Å². The Balaban J connectivity index is 2.18. The first-order chi connectivity index (χ1) is 10.0. The number of pyridine rings is 1. The molecule has 0 radical (unpaired) electrons. The number of carbonyl (C=O) groups excluding carboxylic acids is 1. The van der Waals surface area contributed by atoms with E-state index in [1.54, 1.807) is 18.0 Å². The number of aromatic nitrogens is 1. The van der Waals surface area contributed by atoms with E-state index in [0.29, 0.717) is 25.5 Å². The predicted molar refractivity (Wildman–Crippen MR) is 74.2 cm³/mol. The number of ether oxygens (including phenoxy) is 2. The van der Waals surface area contributed by atoms with Crippen LogP contribution in [0.15, 0.2) is 12.3 Å². The van der Waals surface area contributed by atoms with Crippen LogP contribution in [0.5, 0.6) is 0 Å². The third-order valence-electron chi connectivity index (χ3n) is 3.24. The maximum Gasteiger partial charge on any atom is 0.311 e. The molecule has 2 heterocycles. The lowest BCUT2D eigenvalue weighted by Gasteiger charge is -2.32. The molecule has 114 valence electrons. The normalized spacial score (nSPS) is 18.4. The molecule has 0 bridgehead atoms. The zero-order chi connectivity index (χ0) is 15.4. The van der Waals surface area contributed by atoms with Gasteiger partial charge in [0, 0.05) is 25.4 Å². The third-order valence-corrected chi connectivity index (χ3v) is 3.24. The highest BCUT2D eigenvalue weighted by Crippen LogP contribution is 2.28. The van der Waals surface area contributed by atoms with Crippen LogP contribution in [0.3, 0.4) is 0 Å². The molecule has 8 heteroatoms. The van der Waals surface area contributed by atoms with Gasteiger partial charge in [-0.15, -0.1) is 0 Å². The number of anilines is 1. The van der Waals surface area contributed by atoms with E-state index >= 15 is 0 Å². The van der Waals surface area contributed by atoms with Crippen LogP contribution in [0.2, 0.25) is 0 Å². The molecule has 0 aromatic carbocycles. The zero-order valence-electron chi connectivity index (χ0n) is 11.9. The maximum atomic E-state index is 11.3. The maximum absolute atomic E-state index is 11.3. The van der Waals surface area contributed by atoms with E-state index in [0.717, 1.165) is 5.56 Å². The topological polar surface area (TPSA) is 94.8 Å². The fraction of sp³-hybridized carbons (Fsp3) is 0.538. The van der Waals surface area contributed by atoms with Crippen LogP contribution in [0, 0.1) is 17.0 Å². The van der Waals surface area contributed by atoms with E-state index in [9.17, 15) is 14.9 Å². The number of nitro groups is 1. The Kier molecular flexibility index (Phi) is 4.69. The number of carbonyl (C=O) groups is 1. The second-order valence-electron chi connectivity index (χ2n) is 4.83. The minimum atomic E-state index is -0.444. The second-order valence-corrected chi connectivity index (χ2v) is 4.83. The lowest BCUT2D eigenvalue weighted by molar-refractivity contribution is -0.384. The lowest BCUT2D eigenvalue weighted by atomic mass is 10.2. The van der Waals surface area contributed by atoms with Crippen molar-refractivity contribution in [3.8, 4) is 0 Å². The molecular weight excluding hydrogens is 278 g/mol. The summed E-state index contributed by atoms with van der Waals surface area (Å²) in [6.07, 6.45) is 1.36. The fourth-order valence-electron chi connectivity index (χ4n) is 2.23. The summed E-state index contributed by atoms with van der Waals surface area (Å²) < 4.78 is 10.1. The summed E-state index contributed by atoms with van der Waals surface area (Å²) >= 11 is 0. The van der Waals surface area contributed by atoms with Crippen molar-refractivity contribution in [2.24, 2.45) is 0 Å². The fourth-order valence-corrected chi connectivity index (χ4v) is 2.23. The molecule has 1 atom stereocenters. The van der Waals surface area contributed by atoms with E-state index in [4.69, 9.17) is 4.74 Å². The van der Waals surface area contributed by atoms with Crippen molar-refractivity contribution in [3.05, 3.63) is 27.9 Å². The summed E-state index contributed by atoms with van der Waals surface area (Å²) in [6, 6.07) is 1.49. The molecule has 2 rings (SSSR count). The standard InChI is InChI=1S/C13H17N3O5/c1-9-5-11(16(18)19)13(14-7-9)15-3-4-21-10(8-15)6-12(17)20-2/h5,7,10H,3-4,6,8H2,1-2H3. The first-order valence-corrected chi connectivity index (χ1v) is 6.55. The first kappa shape index (κ1) is 15.2. The van der Waals surface area contributed by atoms with Crippen LogP contribution >= 0.6 is 0 Å². The lowest BCUT2D eigenvalue weighted by Crippen LogP contribution is -2.44. The van der Waals surface area contributed by atoms with Crippen LogP contribution in [0.25, 0.3) is 0 Å². The smallest absolute Gasteiger partial charge is 0.311 e. The van der Waals surface area contributed by atoms with Gasteiger partial charge in [0.1, 0.15) is 0 Å². The van der Waals surface area contributed by atoms with E-state index in [1.165, 1.54) is 13.2 Å². The summed E-state index contributed by atoms with van der Waals surface area (Å²) in [5.74, 6) is -0.0584. The van der Waals surface area contributed by atoms with Crippen molar-refractivity contribution < 1.29 is 19.2 Å². The van der Waals surface area contributed by atoms with Crippen LogP contribution in [-0.2, 0) is 14.3 Å². The van der Waals surface area contributed by atoms with Crippen molar-refractivity contribution in [1.29, 1.82) is 0 Å². The SMILES string of the molecule is COC(=O)CC1CN(c2ncc(C)cc2[N+](=O)[O-])CCO1. The molecular formula is C13H17N3O5. The Morgan fingerprint density at radius 3 is 3.10 bits per heavy atom. The van der Waals surface area contributed by atoms with Gasteiger partial charge < -0.3 is 14.4 Å². The quantitative estimate of drug-likeness (QED) is 0.465. The number of aryl methyl sites for hydroxylation is 1. The van der Waals surface area contributed by atoms with Gasteiger partial charge in [0.2, 0.25) is 5.82 Å². The Morgan fingerprint density at radius 2 is 2.43 bits per heavy atom. The third kappa shape index (κ3) is 3.66. The number of hydrogen-bond donors (Lipinski definition) is 0. The molecule has 8 nitrogen and oxygen atoms in total. The molecule has 0 spiro atoms. The highest BCUT2D eigenvalue weighted by Gasteiger charge is 2.28. The average Bonchev–Trinajstić information content (AvgIpc) is 2.47. The summed E-state index contributed by atoms with van der Waals surface area (Å²) in [5.41, 5.74) is 0.693. The Bertz CT molecular complexity index is 549. The minimum Gasteiger partial charge on any atom is -0.469 e. The molecule has 1 aliphatic heterocycles. The Hall–Kier alpha value is -2.22. The number of hydrogen-bond acceptors (Lipinski definition) is 7. The van der Waals surface area contributed by atoms with Crippen molar-refractivity contribution in [3.63, 3.8) is 0 Å². The number of rotatable bonds is 4. The van der Waals surface area contributed by atoms with Gasteiger partial charge in [0.05, 0.1) is 31.2 Å². The van der Waals surface area contributed by atoms with E-state index < -0.39 is 4.92 Å². The number of esters is 1. The molecule has 0 aliphatic carbocycles. The molecule has 0 saturated carbocycles. The molecule has 1 unspecified atom stereocenters. The highest BCUT2D eigenvalue weighted by atomic mass is 16.6. The van der Waals surface area contributed by atoms with Gasteiger partial charge in [0.25, 0.3) is 0 Å². The molecule has 1 aliphatic rings. The van der Waals surface area contributed by atoms with Crippen molar-refractivity contribution in [1.82, 2.24) is 4.98 Å². The molecule has 21 heavy (non-hydrogen) atoms. The molecule has 1 aromatic rings. The number of methoxy groups -OCH3 is 1. The Morgan fingerprint density at radius 1 is 1.67 bits per heavy atom. The summed E-state index contributed by atoms with van der Waals surface area (Å²) in [7, 11) is 1.31. The van der Waals surface area contributed by atoms with Crippen molar-refractivity contribution in [2.45, 2.75) is 19.4 Å². The molecule has 0 amide bonds. The largest absolute Gasteiger partial charge is 0.469 e. The van der Waals surface area contributed by atoms with E-state index in [2.05, 4.69) is 9.72 Å². The van der Waals surface area contributed by atoms with Crippen molar-refractivity contribution >= 4 is 17.5 Å². The first-order valence-electron chi connectivity index (χ1n) is 6.55. The van der Waals surface area contributed by atoms with Crippen LogP contribution < -0.4 is 4.90 Å². The number of morpholine rings is 1. The summed E-state index contributed by atoms with van der Waals surface area (Å²) in [5, 5.41) is 11.2. The van der Waals surface area contributed by atoms with Gasteiger partial charge in [-0.1, -0.05) is 0 Å². The monoisotopic (exact) mass is 295 g/mol. The highest BCUT2D eigenvalue weighted by molar-refractivity contribution is 5.70. The van der Waals surface area contributed by atoms with Gasteiger partial charge in [0.15, 0.2) is 0 Å². The zero-order valence-corrected chi connectivity index (χ0v) is 11.9. The van der Waals surface area contributed by atoms with Crippen LogP contribution in [0.4, 0.5) is 11.5 Å². The van der Waals surface area contributed by atoms with Gasteiger partial charge in [-0.3, -0.25) is 14.9 Å². The minimum absolute atomic E-state index is 0.0336. The number of nitrogens with zero attached hydrogens (tertiary/aromatic N) is 3. The molecule has 1 aromatic heterocycles. The molecule has 1 saturated heterocycles. The van der Waals surface area contributed by atoms with E-state index in [-0.39, 0.29) is 24.2 Å². The van der Waals surface area contributed by atoms with Gasteiger partial charge in [-0.25, -0.2) is 4.98 Å². The van der Waals surface area contributed by atoms with Crippen LogP contribution in [-0.4, -0.2) is 48.8 Å². The summed E-state index contributed by atoms with van der Waals surface area (Å²) in [6.45, 7) is 3.00. The molecule has 0 N–H and O–H groups in total. The second kappa shape index (κ2) is 6.49. The van der Waals surface area contributed by atoms with Gasteiger partial charge >= 0.3 is 11.7 Å². The van der Waals surface area contributed by atoms with Crippen molar-refractivity contribution in [2.75, 3.05) is 31.7 Å². The molecule has 1 fully saturated rings.